The number of rotatable bonds is 1. The molecule has 11 heavy (non-hydrogen) atoms. The van der Waals surface area contributed by atoms with Crippen LogP contribution in [0.1, 0.15) is 5.56 Å². The summed E-state index contributed by atoms with van der Waals surface area (Å²) in [6, 6.07) is 3.27. The fourth-order valence-corrected chi connectivity index (χ4v) is 0.831. The van der Waals surface area contributed by atoms with Gasteiger partial charge in [0, 0.05) is 12.5 Å². The monoisotopic (exact) mass is 152 g/mol. The van der Waals surface area contributed by atoms with Crippen LogP contribution in [0.4, 0.5) is 8.78 Å². The summed E-state index contributed by atoms with van der Waals surface area (Å²) in [6.07, 6.45) is 5.22. The largest absolute Gasteiger partial charge is 0.207 e. The second-order valence-electron chi connectivity index (χ2n) is 2.16. The van der Waals surface area contributed by atoms with Crippen molar-refractivity contribution in [1.29, 1.82) is 0 Å². The van der Waals surface area contributed by atoms with E-state index in [1.807, 2.05) is 0 Å². The lowest BCUT2D eigenvalue weighted by Crippen LogP contribution is -1.86. The maximum Gasteiger partial charge on any atom is 0.126 e. The van der Waals surface area contributed by atoms with E-state index in [9.17, 15) is 8.78 Å². The van der Waals surface area contributed by atoms with Gasteiger partial charge in [-0.25, -0.2) is 8.78 Å². The van der Waals surface area contributed by atoms with Crippen LogP contribution >= 0.6 is 0 Å². The summed E-state index contributed by atoms with van der Waals surface area (Å²) in [5.41, 5.74) is 0.491. The predicted octanol–water partition coefficient (Wildman–Crippen LogP) is 2.14. The zero-order valence-corrected chi connectivity index (χ0v) is 5.77. The zero-order chi connectivity index (χ0) is 8.27. The second-order valence-corrected chi connectivity index (χ2v) is 2.16. The van der Waals surface area contributed by atoms with Gasteiger partial charge in [-0.1, -0.05) is 0 Å². The molecule has 0 amide bonds. The molecule has 0 saturated heterocycles. The van der Waals surface area contributed by atoms with Gasteiger partial charge >= 0.3 is 0 Å². The summed E-state index contributed by atoms with van der Waals surface area (Å²) in [5, 5.41) is 0. The van der Waals surface area contributed by atoms with Crippen LogP contribution in [0, 0.1) is 24.0 Å². The third-order valence-electron chi connectivity index (χ3n) is 1.23. The molecule has 0 unspecified atom stereocenters. The minimum Gasteiger partial charge on any atom is -0.207 e. The van der Waals surface area contributed by atoms with E-state index in [2.05, 4.69) is 5.92 Å². The van der Waals surface area contributed by atoms with Crippen LogP contribution in [0.3, 0.4) is 0 Å². The van der Waals surface area contributed by atoms with Gasteiger partial charge in [-0.2, -0.15) is 0 Å². The Balaban J connectivity index is 3.01. The summed E-state index contributed by atoms with van der Waals surface area (Å²) in [7, 11) is 0. The number of halogens is 2. The molecular formula is C9H6F2. The lowest BCUT2D eigenvalue weighted by Gasteiger charge is -1.95. The van der Waals surface area contributed by atoms with Crippen molar-refractivity contribution in [3.8, 4) is 12.3 Å². The normalized spacial score (nSPS) is 9.18. The van der Waals surface area contributed by atoms with Crippen molar-refractivity contribution in [3.63, 3.8) is 0 Å². The SMILES string of the molecule is C#CCc1cc(F)cc(F)c1. The lowest BCUT2D eigenvalue weighted by molar-refractivity contribution is 0.581. The predicted molar refractivity (Wildman–Crippen MR) is 38.9 cm³/mol. The zero-order valence-electron chi connectivity index (χ0n) is 5.77. The number of hydrogen-bond acceptors (Lipinski definition) is 0. The Morgan fingerprint density at radius 3 is 2.18 bits per heavy atom. The fraction of sp³-hybridized carbons (Fsp3) is 0.111. The summed E-state index contributed by atoms with van der Waals surface area (Å²) < 4.78 is 24.9. The standard InChI is InChI=1S/C9H6F2/c1-2-3-7-4-8(10)6-9(11)5-7/h1,4-6H,3H2. The van der Waals surface area contributed by atoms with Crippen LogP contribution in [0.25, 0.3) is 0 Å². The molecule has 2 heteroatoms. The van der Waals surface area contributed by atoms with E-state index in [4.69, 9.17) is 6.42 Å². The average molecular weight is 152 g/mol. The summed E-state index contributed by atoms with van der Waals surface area (Å²) in [5.74, 6) is 1.13. The molecule has 0 saturated carbocycles. The van der Waals surface area contributed by atoms with E-state index in [1.54, 1.807) is 0 Å². The molecule has 0 bridgehead atoms. The molecule has 0 radical (unpaired) electrons. The first-order valence-electron chi connectivity index (χ1n) is 3.11. The van der Waals surface area contributed by atoms with Crippen molar-refractivity contribution in [3.05, 3.63) is 35.4 Å². The molecule has 1 aromatic rings. The first kappa shape index (κ1) is 7.74. The molecule has 0 atom stereocenters. The molecule has 0 nitrogen and oxygen atoms in total. The Morgan fingerprint density at radius 1 is 1.18 bits per heavy atom. The van der Waals surface area contributed by atoms with Crippen LogP contribution in [0.2, 0.25) is 0 Å². The first-order valence-corrected chi connectivity index (χ1v) is 3.11. The quantitative estimate of drug-likeness (QED) is 0.541. The van der Waals surface area contributed by atoms with Crippen LogP contribution in [0.5, 0.6) is 0 Å². The Labute approximate surface area is 63.9 Å². The van der Waals surface area contributed by atoms with Crippen LogP contribution in [-0.2, 0) is 6.42 Å². The van der Waals surface area contributed by atoms with Crippen LogP contribution in [-0.4, -0.2) is 0 Å². The van der Waals surface area contributed by atoms with E-state index in [-0.39, 0.29) is 6.42 Å². The summed E-state index contributed by atoms with van der Waals surface area (Å²) >= 11 is 0. The molecule has 1 aromatic carbocycles. The van der Waals surface area contributed by atoms with Gasteiger partial charge in [0.15, 0.2) is 0 Å². The molecule has 1 rings (SSSR count). The van der Waals surface area contributed by atoms with Crippen molar-refractivity contribution in [1.82, 2.24) is 0 Å². The Morgan fingerprint density at radius 2 is 1.73 bits per heavy atom. The molecule has 0 spiro atoms. The Kier molecular flexibility index (Phi) is 2.22. The molecule has 0 aromatic heterocycles. The van der Waals surface area contributed by atoms with Crippen molar-refractivity contribution in [2.24, 2.45) is 0 Å². The van der Waals surface area contributed by atoms with Gasteiger partial charge < -0.3 is 0 Å². The summed E-state index contributed by atoms with van der Waals surface area (Å²) in [4.78, 5) is 0. The highest BCUT2D eigenvalue weighted by Crippen LogP contribution is 2.07. The topological polar surface area (TPSA) is 0 Å². The molecular weight excluding hydrogens is 146 g/mol. The summed E-state index contributed by atoms with van der Waals surface area (Å²) in [6.45, 7) is 0. The van der Waals surface area contributed by atoms with E-state index in [0.29, 0.717) is 5.56 Å². The third kappa shape index (κ3) is 2.05. The third-order valence-corrected chi connectivity index (χ3v) is 1.23. The van der Waals surface area contributed by atoms with Crippen molar-refractivity contribution >= 4 is 0 Å². The van der Waals surface area contributed by atoms with Crippen molar-refractivity contribution < 1.29 is 8.78 Å². The molecule has 56 valence electrons. The molecule has 0 N–H and O–H groups in total. The van der Waals surface area contributed by atoms with E-state index in [1.165, 1.54) is 12.1 Å². The van der Waals surface area contributed by atoms with Crippen LogP contribution < -0.4 is 0 Å². The lowest BCUT2D eigenvalue weighted by atomic mass is 10.1. The van der Waals surface area contributed by atoms with E-state index >= 15 is 0 Å². The number of terminal acetylenes is 1. The second kappa shape index (κ2) is 3.16. The molecule has 0 heterocycles. The minimum absolute atomic E-state index is 0.259. The van der Waals surface area contributed by atoms with Crippen molar-refractivity contribution in [2.45, 2.75) is 6.42 Å². The molecule has 0 fully saturated rings. The number of benzene rings is 1. The van der Waals surface area contributed by atoms with Gasteiger partial charge in [0.1, 0.15) is 11.6 Å². The van der Waals surface area contributed by atoms with Gasteiger partial charge in [0.2, 0.25) is 0 Å². The van der Waals surface area contributed by atoms with Gasteiger partial charge in [0.25, 0.3) is 0 Å². The smallest absolute Gasteiger partial charge is 0.126 e. The maximum absolute atomic E-state index is 12.4. The van der Waals surface area contributed by atoms with Gasteiger partial charge in [-0.05, 0) is 17.7 Å². The molecule has 0 aliphatic heterocycles. The van der Waals surface area contributed by atoms with Crippen LogP contribution in [0.15, 0.2) is 18.2 Å². The minimum atomic E-state index is -0.588. The Bertz CT molecular complexity index is 277. The maximum atomic E-state index is 12.4. The van der Waals surface area contributed by atoms with E-state index < -0.39 is 11.6 Å². The fourth-order valence-electron chi connectivity index (χ4n) is 0.831. The Hall–Kier alpha value is -1.36. The highest BCUT2D eigenvalue weighted by atomic mass is 19.1. The average Bonchev–Trinajstić information content (AvgIpc) is 1.85. The number of hydrogen-bond donors (Lipinski definition) is 0. The first-order chi connectivity index (χ1) is 5.22. The van der Waals surface area contributed by atoms with Gasteiger partial charge in [0.05, 0.1) is 0 Å². The highest BCUT2D eigenvalue weighted by Gasteiger charge is 1.97. The van der Waals surface area contributed by atoms with Gasteiger partial charge in [-0.15, -0.1) is 12.3 Å². The molecule has 0 aliphatic carbocycles. The highest BCUT2D eigenvalue weighted by molar-refractivity contribution is 5.21. The van der Waals surface area contributed by atoms with E-state index in [0.717, 1.165) is 6.07 Å². The van der Waals surface area contributed by atoms with Crippen molar-refractivity contribution in [2.75, 3.05) is 0 Å². The van der Waals surface area contributed by atoms with Gasteiger partial charge in [-0.3, -0.25) is 0 Å². The molecule has 0 aliphatic rings.